The molecule has 160 valence electrons. The second kappa shape index (κ2) is 7.85. The van der Waals surface area contributed by atoms with Crippen molar-refractivity contribution in [3.63, 3.8) is 0 Å². The number of hydrogen-bond acceptors (Lipinski definition) is 3. The summed E-state index contributed by atoms with van der Waals surface area (Å²) in [6.07, 6.45) is 3.54. The summed E-state index contributed by atoms with van der Waals surface area (Å²) < 4.78 is 15.0. The Morgan fingerprint density at radius 1 is 1.10 bits per heavy atom. The molecule has 1 saturated heterocycles. The van der Waals surface area contributed by atoms with E-state index in [0.29, 0.717) is 18.1 Å². The Morgan fingerprint density at radius 2 is 1.80 bits per heavy atom. The van der Waals surface area contributed by atoms with E-state index >= 15 is 0 Å². The third kappa shape index (κ3) is 4.40. The van der Waals surface area contributed by atoms with Gasteiger partial charge in [-0.05, 0) is 49.9 Å². The fraction of sp³-hybridized carbons (Fsp3) is 0.522. The van der Waals surface area contributed by atoms with Gasteiger partial charge < -0.3 is 10.2 Å². The van der Waals surface area contributed by atoms with E-state index in [2.05, 4.69) is 31.2 Å². The third-order valence-electron chi connectivity index (χ3n) is 5.83. The summed E-state index contributed by atoms with van der Waals surface area (Å²) in [5.74, 6) is 0.250. The third-order valence-corrected chi connectivity index (χ3v) is 5.83. The van der Waals surface area contributed by atoms with Crippen molar-refractivity contribution < 1.29 is 14.0 Å². The van der Waals surface area contributed by atoms with Gasteiger partial charge in [-0.1, -0.05) is 20.8 Å². The fourth-order valence-corrected chi connectivity index (χ4v) is 3.82. The molecule has 2 heterocycles. The van der Waals surface area contributed by atoms with Gasteiger partial charge in [-0.25, -0.2) is 9.07 Å². The molecule has 2 aromatic rings. The largest absolute Gasteiger partial charge is 0.342 e. The summed E-state index contributed by atoms with van der Waals surface area (Å²) >= 11 is 0. The quantitative estimate of drug-likeness (QED) is 0.828. The molecule has 0 radical (unpaired) electrons. The van der Waals surface area contributed by atoms with Crippen LogP contribution < -0.4 is 5.32 Å². The molecule has 6 nitrogen and oxygen atoms in total. The number of carbonyl (C=O) groups excluding carboxylic acids is 2. The summed E-state index contributed by atoms with van der Waals surface area (Å²) in [6, 6.07) is 7.91. The fourth-order valence-electron chi connectivity index (χ4n) is 3.82. The van der Waals surface area contributed by atoms with Crippen LogP contribution in [0.1, 0.15) is 52.1 Å². The van der Waals surface area contributed by atoms with Crippen molar-refractivity contribution in [3.8, 4) is 5.69 Å². The molecule has 1 aliphatic heterocycles. The van der Waals surface area contributed by atoms with Crippen LogP contribution in [-0.2, 0) is 15.0 Å². The number of rotatable bonds is 4. The molecule has 1 saturated carbocycles. The zero-order valence-corrected chi connectivity index (χ0v) is 17.8. The number of likely N-dealkylation sites (tertiary alicyclic amines) is 1. The predicted molar refractivity (Wildman–Crippen MR) is 113 cm³/mol. The van der Waals surface area contributed by atoms with Crippen molar-refractivity contribution in [3.05, 3.63) is 41.8 Å². The van der Waals surface area contributed by atoms with E-state index in [9.17, 15) is 14.0 Å². The van der Waals surface area contributed by atoms with E-state index in [1.54, 1.807) is 16.8 Å². The summed E-state index contributed by atoms with van der Waals surface area (Å²) in [5, 5.41) is 7.69. The van der Waals surface area contributed by atoms with E-state index in [1.807, 2.05) is 11.0 Å². The maximum absolute atomic E-state index is 13.4. The standard InChI is InChI=1S/C23H29FN4O2/c1-23(2,3)19-13-20(28(26-19)18-10-8-17(24)9-11-18)25-21(29)16-5-4-12-27(14-16)22(30)15-6-7-15/h8-11,13,15-16H,4-7,12,14H2,1-3H3,(H,25,29). The molecule has 1 atom stereocenters. The highest BCUT2D eigenvalue weighted by molar-refractivity contribution is 5.93. The van der Waals surface area contributed by atoms with Crippen molar-refractivity contribution in [1.82, 2.24) is 14.7 Å². The van der Waals surface area contributed by atoms with Gasteiger partial charge >= 0.3 is 0 Å². The highest BCUT2D eigenvalue weighted by Gasteiger charge is 2.37. The van der Waals surface area contributed by atoms with Gasteiger partial charge in [-0.2, -0.15) is 5.10 Å². The van der Waals surface area contributed by atoms with Gasteiger partial charge in [0.15, 0.2) is 0 Å². The Hall–Kier alpha value is -2.70. The molecule has 1 aromatic heterocycles. The van der Waals surface area contributed by atoms with Crippen molar-refractivity contribution in [2.24, 2.45) is 11.8 Å². The zero-order chi connectivity index (χ0) is 21.5. The SMILES string of the molecule is CC(C)(C)c1cc(NC(=O)C2CCCN(C(=O)C3CC3)C2)n(-c2ccc(F)cc2)n1. The molecule has 1 aromatic carbocycles. The minimum absolute atomic E-state index is 0.105. The second-order valence-corrected chi connectivity index (χ2v) is 9.44. The van der Waals surface area contributed by atoms with Crippen molar-refractivity contribution >= 4 is 17.6 Å². The number of nitrogens with zero attached hydrogens (tertiary/aromatic N) is 3. The molecule has 7 heteroatoms. The molecule has 2 fully saturated rings. The minimum atomic E-state index is -0.324. The smallest absolute Gasteiger partial charge is 0.230 e. The molecular formula is C23H29FN4O2. The number of hydrogen-bond donors (Lipinski definition) is 1. The molecule has 1 N–H and O–H groups in total. The molecule has 2 aliphatic rings. The number of carbonyl (C=O) groups is 2. The maximum atomic E-state index is 13.4. The van der Waals surface area contributed by atoms with E-state index in [-0.39, 0.29) is 34.9 Å². The molecule has 4 rings (SSSR count). The van der Waals surface area contributed by atoms with Crippen LogP contribution in [0.25, 0.3) is 5.69 Å². The van der Waals surface area contributed by atoms with Crippen molar-refractivity contribution in [1.29, 1.82) is 0 Å². The summed E-state index contributed by atoms with van der Waals surface area (Å²) in [4.78, 5) is 27.3. The average molecular weight is 413 g/mol. The van der Waals surface area contributed by atoms with Crippen LogP contribution in [0.3, 0.4) is 0 Å². The van der Waals surface area contributed by atoms with Crippen molar-refractivity contribution in [2.75, 3.05) is 18.4 Å². The topological polar surface area (TPSA) is 67.2 Å². The van der Waals surface area contributed by atoms with Crippen LogP contribution in [0.4, 0.5) is 10.2 Å². The van der Waals surface area contributed by atoms with Crippen LogP contribution in [0.2, 0.25) is 0 Å². The monoisotopic (exact) mass is 412 g/mol. The van der Waals surface area contributed by atoms with Gasteiger partial charge in [0.05, 0.1) is 17.3 Å². The van der Waals surface area contributed by atoms with E-state index < -0.39 is 0 Å². The maximum Gasteiger partial charge on any atom is 0.230 e. The number of piperidine rings is 1. The molecular weight excluding hydrogens is 383 g/mol. The molecule has 1 unspecified atom stereocenters. The van der Waals surface area contributed by atoms with E-state index in [4.69, 9.17) is 0 Å². The van der Waals surface area contributed by atoms with Gasteiger partial charge in [0.25, 0.3) is 0 Å². The number of amides is 2. The lowest BCUT2D eigenvalue weighted by molar-refractivity contribution is -0.135. The van der Waals surface area contributed by atoms with Gasteiger partial charge in [-0.3, -0.25) is 9.59 Å². The Bertz CT molecular complexity index is 941. The number of nitrogens with one attached hydrogen (secondary N) is 1. The number of anilines is 1. The van der Waals surface area contributed by atoms with Crippen LogP contribution in [0, 0.1) is 17.7 Å². The van der Waals surface area contributed by atoms with Crippen molar-refractivity contribution in [2.45, 2.75) is 51.9 Å². The number of benzene rings is 1. The first-order valence-corrected chi connectivity index (χ1v) is 10.7. The normalized spacial score (nSPS) is 19.6. The van der Waals surface area contributed by atoms with E-state index in [0.717, 1.165) is 37.9 Å². The van der Waals surface area contributed by atoms with Crippen LogP contribution in [0.5, 0.6) is 0 Å². The Balaban J connectivity index is 1.55. The first-order chi connectivity index (χ1) is 14.2. The Morgan fingerprint density at radius 3 is 2.43 bits per heavy atom. The molecule has 2 amide bonds. The van der Waals surface area contributed by atoms with E-state index in [1.165, 1.54) is 12.1 Å². The van der Waals surface area contributed by atoms with Gasteiger partial charge in [0, 0.05) is 30.5 Å². The summed E-state index contributed by atoms with van der Waals surface area (Å²) in [7, 11) is 0. The Kier molecular flexibility index (Phi) is 5.38. The molecule has 0 bridgehead atoms. The second-order valence-electron chi connectivity index (χ2n) is 9.44. The minimum Gasteiger partial charge on any atom is -0.342 e. The molecule has 1 aliphatic carbocycles. The van der Waals surface area contributed by atoms with Crippen LogP contribution in [-0.4, -0.2) is 39.6 Å². The highest BCUT2D eigenvalue weighted by Crippen LogP contribution is 2.33. The van der Waals surface area contributed by atoms with Gasteiger partial charge in [-0.15, -0.1) is 0 Å². The first-order valence-electron chi connectivity index (χ1n) is 10.7. The lowest BCUT2D eigenvalue weighted by Gasteiger charge is -2.32. The first kappa shape index (κ1) is 20.6. The van der Waals surface area contributed by atoms with Gasteiger partial charge in [0.1, 0.15) is 11.6 Å². The summed E-state index contributed by atoms with van der Waals surface area (Å²) in [5.41, 5.74) is 1.30. The van der Waals surface area contributed by atoms with Gasteiger partial charge in [0.2, 0.25) is 11.8 Å². The van der Waals surface area contributed by atoms with Crippen LogP contribution in [0.15, 0.2) is 30.3 Å². The molecule has 30 heavy (non-hydrogen) atoms. The summed E-state index contributed by atoms with van der Waals surface area (Å²) in [6.45, 7) is 7.37. The Labute approximate surface area is 176 Å². The predicted octanol–water partition coefficient (Wildman–Crippen LogP) is 3.90. The molecule has 0 spiro atoms. The lowest BCUT2D eigenvalue weighted by Crippen LogP contribution is -2.44. The highest BCUT2D eigenvalue weighted by atomic mass is 19.1. The average Bonchev–Trinajstić information content (AvgIpc) is 3.47. The lowest BCUT2D eigenvalue weighted by atomic mass is 9.92. The number of aromatic nitrogens is 2. The number of halogens is 1. The van der Waals surface area contributed by atoms with Crippen LogP contribution >= 0.6 is 0 Å². The zero-order valence-electron chi connectivity index (χ0n) is 17.8.